The van der Waals surface area contributed by atoms with E-state index in [1.54, 1.807) is 24.5 Å². The van der Waals surface area contributed by atoms with Gasteiger partial charge in [0.05, 0.1) is 11.9 Å². The number of guanidine groups is 1. The number of halogens is 1. The molecule has 1 fully saturated rings. The zero-order valence-corrected chi connectivity index (χ0v) is 16.1. The van der Waals surface area contributed by atoms with E-state index in [2.05, 4.69) is 32.0 Å². The van der Waals surface area contributed by atoms with Gasteiger partial charge >= 0.3 is 0 Å². The molecule has 1 heterocycles. The second-order valence-corrected chi connectivity index (χ2v) is 7.07. The molecule has 1 aliphatic rings. The Bertz CT molecular complexity index is 805. The smallest absolute Gasteiger partial charge is 0.246 e. The fraction of sp³-hybridized carbons (Fsp3) is 0.350. The first-order chi connectivity index (χ1) is 13.1. The highest BCUT2D eigenvalue weighted by Gasteiger charge is 2.44. The Morgan fingerprint density at radius 2 is 2.11 bits per heavy atom. The molecule has 0 unspecified atom stereocenters. The molecule has 0 aliphatic heterocycles. The van der Waals surface area contributed by atoms with Crippen LogP contribution in [0.1, 0.15) is 25.3 Å². The quantitative estimate of drug-likeness (QED) is 0.505. The number of rotatable bonds is 7. The van der Waals surface area contributed by atoms with Crippen molar-refractivity contribution in [2.45, 2.75) is 25.2 Å². The average molecular weight is 386 g/mol. The van der Waals surface area contributed by atoms with Crippen LogP contribution in [0.4, 0.5) is 5.69 Å². The Morgan fingerprint density at radius 1 is 1.26 bits per heavy atom. The van der Waals surface area contributed by atoms with E-state index in [1.165, 1.54) is 5.56 Å². The minimum absolute atomic E-state index is 0.0361. The number of carbonyl (C=O) groups is 1. The lowest BCUT2D eigenvalue weighted by Gasteiger charge is -2.19. The summed E-state index contributed by atoms with van der Waals surface area (Å²) >= 11 is 6.14. The van der Waals surface area contributed by atoms with Crippen molar-refractivity contribution in [3.63, 3.8) is 0 Å². The van der Waals surface area contributed by atoms with Gasteiger partial charge in [-0.15, -0.1) is 0 Å². The van der Waals surface area contributed by atoms with Crippen LogP contribution in [-0.2, 0) is 10.2 Å². The Hall–Kier alpha value is -2.60. The summed E-state index contributed by atoms with van der Waals surface area (Å²) < 4.78 is 0. The van der Waals surface area contributed by atoms with Gasteiger partial charge in [0.15, 0.2) is 5.96 Å². The molecular formula is C20H24ClN5O. The number of aliphatic imine (C=N–C) groups is 1. The number of amides is 1. The molecule has 1 saturated carbocycles. The maximum Gasteiger partial charge on any atom is 0.246 e. The Balaban J connectivity index is 1.57. The number of hydrogen-bond donors (Lipinski definition) is 3. The molecule has 1 aromatic heterocycles. The number of nitrogens with zero attached hydrogens (tertiary/aromatic N) is 2. The summed E-state index contributed by atoms with van der Waals surface area (Å²) in [5.41, 5.74) is 2.00. The molecule has 0 bridgehead atoms. The van der Waals surface area contributed by atoms with Crippen molar-refractivity contribution in [2.75, 3.05) is 25.0 Å². The fourth-order valence-corrected chi connectivity index (χ4v) is 3.11. The van der Waals surface area contributed by atoms with E-state index >= 15 is 0 Å². The van der Waals surface area contributed by atoms with Crippen molar-refractivity contribution in [2.24, 2.45) is 4.99 Å². The third kappa shape index (κ3) is 5.44. The molecule has 142 valence electrons. The van der Waals surface area contributed by atoms with E-state index in [9.17, 15) is 4.79 Å². The second kappa shape index (κ2) is 8.86. The molecule has 0 saturated heterocycles. The lowest BCUT2D eigenvalue weighted by molar-refractivity contribution is -0.114. The number of anilines is 1. The van der Waals surface area contributed by atoms with Gasteiger partial charge in [-0.2, -0.15) is 0 Å². The van der Waals surface area contributed by atoms with Crippen LogP contribution in [0.25, 0.3) is 0 Å². The molecule has 7 heteroatoms. The van der Waals surface area contributed by atoms with Gasteiger partial charge in [-0.05, 0) is 49.6 Å². The number of carbonyl (C=O) groups excluding carboxylic acids is 1. The second-order valence-electron chi connectivity index (χ2n) is 6.63. The van der Waals surface area contributed by atoms with Crippen molar-refractivity contribution in [3.8, 4) is 0 Å². The largest absolute Gasteiger partial charge is 0.357 e. The third-order valence-corrected chi connectivity index (χ3v) is 4.79. The number of aromatic nitrogens is 1. The molecule has 0 spiro atoms. The molecule has 0 radical (unpaired) electrons. The predicted octanol–water partition coefficient (Wildman–Crippen LogP) is 2.96. The van der Waals surface area contributed by atoms with Crippen LogP contribution < -0.4 is 16.0 Å². The van der Waals surface area contributed by atoms with Gasteiger partial charge in [0.1, 0.15) is 6.54 Å². The first kappa shape index (κ1) is 19.2. The molecule has 3 rings (SSSR count). The van der Waals surface area contributed by atoms with Crippen LogP contribution >= 0.6 is 11.6 Å². The molecule has 2 aromatic rings. The van der Waals surface area contributed by atoms with Crippen molar-refractivity contribution in [1.29, 1.82) is 0 Å². The van der Waals surface area contributed by atoms with Gasteiger partial charge in [0.25, 0.3) is 0 Å². The van der Waals surface area contributed by atoms with E-state index in [1.807, 2.05) is 25.1 Å². The summed E-state index contributed by atoms with van der Waals surface area (Å²) in [4.78, 5) is 20.4. The minimum Gasteiger partial charge on any atom is -0.357 e. The monoisotopic (exact) mass is 385 g/mol. The molecule has 6 nitrogen and oxygen atoms in total. The number of hydrogen-bond acceptors (Lipinski definition) is 3. The lowest BCUT2D eigenvalue weighted by atomic mass is 9.96. The van der Waals surface area contributed by atoms with Crippen molar-refractivity contribution in [3.05, 3.63) is 59.4 Å². The van der Waals surface area contributed by atoms with E-state index < -0.39 is 0 Å². The summed E-state index contributed by atoms with van der Waals surface area (Å²) in [6.45, 7) is 3.51. The average Bonchev–Trinajstić information content (AvgIpc) is 3.46. The van der Waals surface area contributed by atoms with Crippen LogP contribution in [0.3, 0.4) is 0 Å². The summed E-state index contributed by atoms with van der Waals surface area (Å²) in [5.74, 6) is 0.448. The number of pyridine rings is 1. The molecular weight excluding hydrogens is 362 g/mol. The molecule has 1 amide bonds. The topological polar surface area (TPSA) is 78.4 Å². The first-order valence-corrected chi connectivity index (χ1v) is 9.47. The molecule has 0 atom stereocenters. The molecule has 1 aromatic carbocycles. The summed E-state index contributed by atoms with van der Waals surface area (Å²) in [6.07, 6.45) is 5.49. The summed E-state index contributed by atoms with van der Waals surface area (Å²) in [5, 5.41) is 10.1. The first-order valence-electron chi connectivity index (χ1n) is 9.09. The molecule has 1 aliphatic carbocycles. The standard InChI is InChI=1S/C20H24ClN5O/c1-2-23-19(24-13-18(27)26-17-7-4-10-22-12-17)25-14-20(8-9-20)15-5-3-6-16(21)11-15/h3-7,10-12H,2,8-9,13-14H2,1H3,(H,26,27)(H2,23,24,25). The fourth-order valence-electron chi connectivity index (χ4n) is 2.92. The van der Waals surface area contributed by atoms with Gasteiger partial charge in [0, 0.05) is 29.7 Å². The van der Waals surface area contributed by atoms with Crippen LogP contribution in [0.2, 0.25) is 5.02 Å². The Morgan fingerprint density at radius 3 is 2.78 bits per heavy atom. The van der Waals surface area contributed by atoms with E-state index in [0.717, 1.165) is 31.0 Å². The predicted molar refractivity (Wildman–Crippen MR) is 109 cm³/mol. The SMILES string of the molecule is CCNC(=NCC(=O)Nc1cccnc1)NCC1(c2cccc(Cl)c2)CC1. The normalized spacial score (nSPS) is 15.1. The van der Waals surface area contributed by atoms with Crippen molar-refractivity contribution in [1.82, 2.24) is 15.6 Å². The van der Waals surface area contributed by atoms with Crippen molar-refractivity contribution < 1.29 is 4.79 Å². The van der Waals surface area contributed by atoms with E-state index in [4.69, 9.17) is 11.6 Å². The van der Waals surface area contributed by atoms with E-state index in [0.29, 0.717) is 11.6 Å². The van der Waals surface area contributed by atoms with Crippen LogP contribution in [0.5, 0.6) is 0 Å². The molecule has 27 heavy (non-hydrogen) atoms. The van der Waals surface area contributed by atoms with Gasteiger partial charge in [0.2, 0.25) is 5.91 Å². The minimum atomic E-state index is -0.184. The highest BCUT2D eigenvalue weighted by Crippen LogP contribution is 2.48. The highest BCUT2D eigenvalue weighted by molar-refractivity contribution is 6.30. The van der Waals surface area contributed by atoms with Crippen LogP contribution in [0, 0.1) is 0 Å². The van der Waals surface area contributed by atoms with Gasteiger partial charge in [-0.25, -0.2) is 4.99 Å². The maximum atomic E-state index is 12.1. The summed E-state index contributed by atoms with van der Waals surface area (Å²) in [6, 6.07) is 11.6. The van der Waals surface area contributed by atoms with Gasteiger partial charge in [-0.3, -0.25) is 9.78 Å². The van der Waals surface area contributed by atoms with E-state index in [-0.39, 0.29) is 17.9 Å². The number of benzene rings is 1. The Labute approximate surface area is 164 Å². The van der Waals surface area contributed by atoms with Crippen LogP contribution in [-0.4, -0.2) is 36.5 Å². The zero-order chi connectivity index (χ0) is 19.1. The zero-order valence-electron chi connectivity index (χ0n) is 15.3. The molecule has 3 N–H and O–H groups in total. The van der Waals surface area contributed by atoms with Gasteiger partial charge < -0.3 is 16.0 Å². The maximum absolute atomic E-state index is 12.1. The lowest BCUT2D eigenvalue weighted by Crippen LogP contribution is -2.41. The third-order valence-electron chi connectivity index (χ3n) is 4.56. The van der Waals surface area contributed by atoms with Crippen molar-refractivity contribution >= 4 is 29.2 Å². The van der Waals surface area contributed by atoms with Gasteiger partial charge in [-0.1, -0.05) is 23.7 Å². The van der Waals surface area contributed by atoms with Crippen LogP contribution in [0.15, 0.2) is 53.8 Å². The summed E-state index contributed by atoms with van der Waals surface area (Å²) in [7, 11) is 0. The number of nitrogens with one attached hydrogen (secondary N) is 3. The Kier molecular flexibility index (Phi) is 6.29. The highest BCUT2D eigenvalue weighted by atomic mass is 35.5.